The molecule has 1 saturated heterocycles. The summed E-state index contributed by atoms with van der Waals surface area (Å²) in [5.41, 5.74) is 0. The average Bonchev–Trinajstić information content (AvgIpc) is 2.37. The second-order valence-corrected chi connectivity index (χ2v) is 4.98. The number of hydrogen-bond acceptors (Lipinski definition) is 5. The van der Waals surface area contributed by atoms with E-state index in [0.29, 0.717) is 5.88 Å². The Labute approximate surface area is 108 Å². The highest BCUT2D eigenvalue weighted by Gasteiger charge is 2.12. The van der Waals surface area contributed by atoms with Gasteiger partial charge in [-0.2, -0.15) is 0 Å². The Morgan fingerprint density at radius 3 is 2.89 bits per heavy atom. The summed E-state index contributed by atoms with van der Waals surface area (Å²) in [6, 6.07) is 1.86. The molecule has 5 heteroatoms. The highest BCUT2D eigenvalue weighted by atomic mass is 16.5. The van der Waals surface area contributed by atoms with Crippen molar-refractivity contribution in [3.63, 3.8) is 0 Å². The maximum Gasteiger partial charge on any atom is 0.218 e. The molecule has 1 aromatic rings. The first-order chi connectivity index (χ1) is 8.74. The van der Waals surface area contributed by atoms with Crippen molar-refractivity contribution in [2.45, 2.75) is 32.8 Å². The third-order valence-corrected chi connectivity index (χ3v) is 3.03. The van der Waals surface area contributed by atoms with E-state index in [-0.39, 0.29) is 6.10 Å². The van der Waals surface area contributed by atoms with E-state index in [1.54, 1.807) is 6.33 Å². The molecular formula is C13H22N4O. The normalized spacial score (nSPS) is 16.8. The van der Waals surface area contributed by atoms with Crippen LogP contribution in [-0.2, 0) is 0 Å². The van der Waals surface area contributed by atoms with Crippen molar-refractivity contribution in [3.05, 3.63) is 12.4 Å². The van der Waals surface area contributed by atoms with Gasteiger partial charge in [0.25, 0.3) is 0 Å². The molecular weight excluding hydrogens is 228 g/mol. The van der Waals surface area contributed by atoms with Crippen LogP contribution in [0.1, 0.15) is 26.7 Å². The minimum atomic E-state index is 0.136. The van der Waals surface area contributed by atoms with Crippen LogP contribution in [0.25, 0.3) is 0 Å². The highest BCUT2D eigenvalue weighted by Crippen LogP contribution is 2.15. The van der Waals surface area contributed by atoms with Gasteiger partial charge in [-0.3, -0.25) is 0 Å². The Balaban J connectivity index is 1.84. The molecule has 100 valence electrons. The maximum atomic E-state index is 5.55. The first kappa shape index (κ1) is 13.1. The highest BCUT2D eigenvalue weighted by molar-refractivity contribution is 5.37. The molecule has 0 aromatic carbocycles. The minimum Gasteiger partial charge on any atom is -0.475 e. The van der Waals surface area contributed by atoms with E-state index in [4.69, 9.17) is 4.74 Å². The quantitative estimate of drug-likeness (QED) is 0.832. The molecule has 1 aliphatic rings. The summed E-state index contributed by atoms with van der Waals surface area (Å²) in [6.07, 6.45) is 4.14. The van der Waals surface area contributed by atoms with Crippen molar-refractivity contribution >= 4 is 5.82 Å². The Hall–Kier alpha value is -1.36. The predicted octanol–water partition coefficient (Wildman–Crippen LogP) is 1.68. The largest absolute Gasteiger partial charge is 0.475 e. The van der Waals surface area contributed by atoms with Crippen LogP contribution in [-0.4, -0.2) is 35.7 Å². The standard InChI is InChI=1S/C13H22N4O/c1-10(2)18-13-7-12(16-9-17-13)15-8-11-3-5-14-6-4-11/h7,9-11,14H,3-6,8H2,1-2H3,(H,15,16,17). The summed E-state index contributed by atoms with van der Waals surface area (Å²) < 4.78 is 5.55. The monoisotopic (exact) mass is 250 g/mol. The molecule has 2 N–H and O–H groups in total. The van der Waals surface area contributed by atoms with Gasteiger partial charge in [-0.1, -0.05) is 0 Å². The topological polar surface area (TPSA) is 59.1 Å². The van der Waals surface area contributed by atoms with Gasteiger partial charge in [-0.05, 0) is 45.7 Å². The van der Waals surface area contributed by atoms with Crippen molar-refractivity contribution < 1.29 is 4.74 Å². The summed E-state index contributed by atoms with van der Waals surface area (Å²) in [6.45, 7) is 7.20. The van der Waals surface area contributed by atoms with E-state index in [1.165, 1.54) is 12.8 Å². The van der Waals surface area contributed by atoms with Crippen LogP contribution in [0.5, 0.6) is 5.88 Å². The molecule has 2 rings (SSSR count). The third kappa shape index (κ3) is 4.14. The molecule has 2 heterocycles. The molecule has 0 spiro atoms. The van der Waals surface area contributed by atoms with Crippen LogP contribution in [0.2, 0.25) is 0 Å². The van der Waals surface area contributed by atoms with Crippen LogP contribution in [0.3, 0.4) is 0 Å². The zero-order chi connectivity index (χ0) is 12.8. The number of piperidine rings is 1. The Bertz CT molecular complexity index is 364. The van der Waals surface area contributed by atoms with Gasteiger partial charge in [-0.15, -0.1) is 0 Å². The lowest BCUT2D eigenvalue weighted by Crippen LogP contribution is -2.31. The molecule has 18 heavy (non-hydrogen) atoms. The molecule has 0 amide bonds. The third-order valence-electron chi connectivity index (χ3n) is 3.03. The summed E-state index contributed by atoms with van der Waals surface area (Å²) >= 11 is 0. The lowest BCUT2D eigenvalue weighted by Gasteiger charge is -2.23. The number of nitrogens with zero attached hydrogens (tertiary/aromatic N) is 2. The smallest absolute Gasteiger partial charge is 0.218 e. The fourth-order valence-corrected chi connectivity index (χ4v) is 2.08. The molecule has 1 aliphatic heterocycles. The Morgan fingerprint density at radius 1 is 1.39 bits per heavy atom. The van der Waals surface area contributed by atoms with E-state index in [9.17, 15) is 0 Å². The second kappa shape index (κ2) is 6.54. The van der Waals surface area contributed by atoms with Gasteiger partial charge < -0.3 is 15.4 Å². The lowest BCUT2D eigenvalue weighted by atomic mass is 9.98. The SMILES string of the molecule is CC(C)Oc1cc(NCC2CCNCC2)ncn1. The van der Waals surface area contributed by atoms with Gasteiger partial charge in [0.15, 0.2) is 0 Å². The Kier molecular flexibility index (Phi) is 4.75. The van der Waals surface area contributed by atoms with Gasteiger partial charge in [0, 0.05) is 12.6 Å². The van der Waals surface area contributed by atoms with Gasteiger partial charge in [0.2, 0.25) is 5.88 Å². The van der Waals surface area contributed by atoms with Crippen LogP contribution in [0.15, 0.2) is 12.4 Å². The number of rotatable bonds is 5. The molecule has 0 unspecified atom stereocenters. The van der Waals surface area contributed by atoms with Crippen LogP contribution >= 0.6 is 0 Å². The van der Waals surface area contributed by atoms with E-state index in [1.807, 2.05) is 19.9 Å². The van der Waals surface area contributed by atoms with Crippen LogP contribution in [0, 0.1) is 5.92 Å². The van der Waals surface area contributed by atoms with Crippen LogP contribution < -0.4 is 15.4 Å². The first-order valence-corrected chi connectivity index (χ1v) is 6.67. The summed E-state index contributed by atoms with van der Waals surface area (Å²) in [4.78, 5) is 8.30. The molecule has 0 aliphatic carbocycles. The van der Waals surface area contributed by atoms with Crippen molar-refractivity contribution in [1.29, 1.82) is 0 Å². The van der Waals surface area contributed by atoms with Crippen molar-refractivity contribution in [2.24, 2.45) is 5.92 Å². The zero-order valence-corrected chi connectivity index (χ0v) is 11.1. The molecule has 1 fully saturated rings. The number of nitrogens with one attached hydrogen (secondary N) is 2. The van der Waals surface area contributed by atoms with Gasteiger partial charge in [-0.25, -0.2) is 9.97 Å². The number of anilines is 1. The molecule has 1 aromatic heterocycles. The number of ether oxygens (including phenoxy) is 1. The predicted molar refractivity (Wildman–Crippen MR) is 71.9 cm³/mol. The first-order valence-electron chi connectivity index (χ1n) is 6.67. The van der Waals surface area contributed by atoms with Gasteiger partial charge in [0.05, 0.1) is 6.10 Å². The van der Waals surface area contributed by atoms with Gasteiger partial charge >= 0.3 is 0 Å². The van der Waals surface area contributed by atoms with Crippen molar-refractivity contribution in [2.75, 3.05) is 25.0 Å². The van der Waals surface area contributed by atoms with E-state index >= 15 is 0 Å². The van der Waals surface area contributed by atoms with E-state index in [0.717, 1.165) is 31.4 Å². The molecule has 0 bridgehead atoms. The minimum absolute atomic E-state index is 0.136. The Morgan fingerprint density at radius 2 is 2.17 bits per heavy atom. The fourth-order valence-electron chi connectivity index (χ4n) is 2.08. The second-order valence-electron chi connectivity index (χ2n) is 4.98. The molecule has 0 radical (unpaired) electrons. The fraction of sp³-hybridized carbons (Fsp3) is 0.692. The molecule has 5 nitrogen and oxygen atoms in total. The van der Waals surface area contributed by atoms with Crippen molar-refractivity contribution in [1.82, 2.24) is 15.3 Å². The average molecular weight is 250 g/mol. The van der Waals surface area contributed by atoms with Crippen molar-refractivity contribution in [3.8, 4) is 5.88 Å². The summed E-state index contributed by atoms with van der Waals surface area (Å²) in [7, 11) is 0. The van der Waals surface area contributed by atoms with E-state index in [2.05, 4.69) is 20.6 Å². The summed E-state index contributed by atoms with van der Waals surface area (Å²) in [5.74, 6) is 2.21. The zero-order valence-electron chi connectivity index (χ0n) is 11.1. The van der Waals surface area contributed by atoms with Crippen LogP contribution in [0.4, 0.5) is 5.82 Å². The maximum absolute atomic E-state index is 5.55. The number of aromatic nitrogens is 2. The molecule has 0 saturated carbocycles. The number of hydrogen-bond donors (Lipinski definition) is 2. The lowest BCUT2D eigenvalue weighted by molar-refractivity contribution is 0.232. The van der Waals surface area contributed by atoms with E-state index < -0.39 is 0 Å². The van der Waals surface area contributed by atoms with Gasteiger partial charge in [0.1, 0.15) is 12.1 Å². The molecule has 0 atom stereocenters. The summed E-state index contributed by atoms with van der Waals surface area (Å²) in [5, 5.41) is 6.74.